The SMILES string of the molecule is CCCc1cc(C)c2cc(Oc3c(Br)cc(OCC(=O)O)cc3Br)cc(F)c2n1. The molecule has 1 N–H and O–H groups in total. The van der Waals surface area contributed by atoms with Gasteiger partial charge in [-0.15, -0.1) is 0 Å². The Hall–Kier alpha value is -2.19. The van der Waals surface area contributed by atoms with Crippen molar-refractivity contribution in [2.75, 3.05) is 6.61 Å². The Labute approximate surface area is 184 Å². The number of aromatic nitrogens is 1. The third-order valence-electron chi connectivity index (χ3n) is 4.16. The molecule has 0 saturated carbocycles. The van der Waals surface area contributed by atoms with Gasteiger partial charge in [-0.05, 0) is 75.0 Å². The second kappa shape index (κ2) is 9.09. The van der Waals surface area contributed by atoms with E-state index in [0.717, 1.165) is 24.1 Å². The van der Waals surface area contributed by atoms with Gasteiger partial charge in [0.2, 0.25) is 0 Å². The van der Waals surface area contributed by atoms with Crippen molar-refractivity contribution in [3.63, 3.8) is 0 Å². The van der Waals surface area contributed by atoms with Crippen LogP contribution >= 0.6 is 31.9 Å². The molecule has 1 aromatic heterocycles. The Morgan fingerprint density at radius 2 is 1.83 bits per heavy atom. The first kappa shape index (κ1) is 21.5. The fraction of sp³-hybridized carbons (Fsp3) is 0.238. The number of carboxylic acids is 1. The van der Waals surface area contributed by atoms with Gasteiger partial charge in [-0.2, -0.15) is 0 Å². The summed E-state index contributed by atoms with van der Waals surface area (Å²) >= 11 is 6.77. The number of ether oxygens (including phenoxy) is 2. The largest absolute Gasteiger partial charge is 0.482 e. The van der Waals surface area contributed by atoms with Crippen LogP contribution < -0.4 is 9.47 Å². The third kappa shape index (κ3) is 5.05. The molecule has 0 bridgehead atoms. The van der Waals surface area contributed by atoms with E-state index in [9.17, 15) is 9.18 Å². The van der Waals surface area contributed by atoms with Crippen LogP contribution in [0.5, 0.6) is 17.2 Å². The number of hydrogen-bond acceptors (Lipinski definition) is 4. The van der Waals surface area contributed by atoms with E-state index in [0.29, 0.717) is 37.1 Å². The zero-order valence-electron chi connectivity index (χ0n) is 15.8. The van der Waals surface area contributed by atoms with E-state index < -0.39 is 18.4 Å². The van der Waals surface area contributed by atoms with Crippen LogP contribution in [0.3, 0.4) is 0 Å². The van der Waals surface area contributed by atoms with Crippen LogP contribution in [0.25, 0.3) is 10.9 Å². The molecule has 5 nitrogen and oxygen atoms in total. The summed E-state index contributed by atoms with van der Waals surface area (Å²) in [4.78, 5) is 15.1. The highest BCUT2D eigenvalue weighted by atomic mass is 79.9. The summed E-state index contributed by atoms with van der Waals surface area (Å²) in [5, 5.41) is 9.42. The molecule has 0 unspecified atom stereocenters. The van der Waals surface area contributed by atoms with Crippen LogP contribution in [0.2, 0.25) is 0 Å². The first-order chi connectivity index (χ1) is 13.8. The van der Waals surface area contributed by atoms with Gasteiger partial charge in [-0.25, -0.2) is 14.2 Å². The van der Waals surface area contributed by atoms with Crippen molar-refractivity contribution in [3.05, 3.63) is 56.4 Å². The lowest BCUT2D eigenvalue weighted by atomic mass is 10.1. The minimum Gasteiger partial charge on any atom is -0.482 e. The number of nitrogens with zero attached hydrogens (tertiary/aromatic N) is 1. The average molecular weight is 527 g/mol. The summed E-state index contributed by atoms with van der Waals surface area (Å²) in [6.45, 7) is 3.52. The standard InChI is InChI=1S/C21H18Br2FNO4/c1-3-4-12-5-11(2)15-6-14(9-18(24)20(15)25-12)29-21-16(22)7-13(8-17(21)23)28-10-19(26)27/h5-9H,3-4,10H2,1-2H3,(H,26,27). The predicted molar refractivity (Wildman–Crippen MR) is 115 cm³/mol. The molecule has 3 aromatic rings. The number of benzene rings is 2. The van der Waals surface area contributed by atoms with E-state index in [1.165, 1.54) is 6.07 Å². The predicted octanol–water partition coefficient (Wildman–Crippen LogP) is 6.42. The van der Waals surface area contributed by atoms with E-state index in [1.807, 2.05) is 13.0 Å². The van der Waals surface area contributed by atoms with E-state index in [4.69, 9.17) is 14.6 Å². The molecule has 0 aliphatic heterocycles. The molecule has 0 atom stereocenters. The Kier molecular flexibility index (Phi) is 6.74. The van der Waals surface area contributed by atoms with Crippen LogP contribution in [-0.4, -0.2) is 22.7 Å². The first-order valence-electron chi connectivity index (χ1n) is 8.89. The van der Waals surface area contributed by atoms with Crippen LogP contribution in [0.15, 0.2) is 39.3 Å². The molecule has 2 aromatic carbocycles. The summed E-state index contributed by atoms with van der Waals surface area (Å²) < 4.78 is 26.9. The number of carbonyl (C=O) groups is 1. The molecule has 0 aliphatic rings. The monoisotopic (exact) mass is 525 g/mol. The molecule has 29 heavy (non-hydrogen) atoms. The molecule has 1 heterocycles. The molecule has 0 spiro atoms. The van der Waals surface area contributed by atoms with E-state index in [2.05, 4.69) is 43.8 Å². The minimum absolute atomic E-state index is 0.323. The lowest BCUT2D eigenvalue weighted by molar-refractivity contribution is -0.139. The van der Waals surface area contributed by atoms with Gasteiger partial charge in [0.25, 0.3) is 0 Å². The van der Waals surface area contributed by atoms with Gasteiger partial charge in [0.1, 0.15) is 17.0 Å². The van der Waals surface area contributed by atoms with Gasteiger partial charge < -0.3 is 14.6 Å². The van der Waals surface area contributed by atoms with Gasteiger partial charge in [0.15, 0.2) is 18.2 Å². The molecular weight excluding hydrogens is 509 g/mol. The van der Waals surface area contributed by atoms with Crippen LogP contribution in [0.1, 0.15) is 24.6 Å². The number of fused-ring (bicyclic) bond motifs is 1. The number of carboxylic acid groups (broad SMARTS) is 1. The highest BCUT2D eigenvalue weighted by molar-refractivity contribution is 9.11. The van der Waals surface area contributed by atoms with Crippen LogP contribution in [-0.2, 0) is 11.2 Å². The number of aryl methyl sites for hydroxylation is 2. The Balaban J connectivity index is 1.95. The Morgan fingerprint density at radius 1 is 1.14 bits per heavy atom. The first-order valence-corrected chi connectivity index (χ1v) is 10.5. The Morgan fingerprint density at radius 3 is 2.45 bits per heavy atom. The topological polar surface area (TPSA) is 68.7 Å². The molecule has 0 saturated heterocycles. The smallest absolute Gasteiger partial charge is 0.341 e. The molecule has 152 valence electrons. The summed E-state index contributed by atoms with van der Waals surface area (Å²) in [7, 11) is 0. The second-order valence-electron chi connectivity index (χ2n) is 6.48. The lowest BCUT2D eigenvalue weighted by Crippen LogP contribution is -2.09. The lowest BCUT2D eigenvalue weighted by Gasteiger charge is -2.14. The second-order valence-corrected chi connectivity index (χ2v) is 8.19. The van der Waals surface area contributed by atoms with Crippen molar-refractivity contribution >= 4 is 48.7 Å². The summed E-state index contributed by atoms with van der Waals surface area (Å²) in [5.74, 6) is -0.433. The van der Waals surface area contributed by atoms with Crippen molar-refractivity contribution in [2.45, 2.75) is 26.7 Å². The highest BCUT2D eigenvalue weighted by Gasteiger charge is 2.15. The number of pyridine rings is 1. The quantitative estimate of drug-likeness (QED) is 0.385. The molecule has 8 heteroatoms. The third-order valence-corrected chi connectivity index (χ3v) is 5.34. The van der Waals surface area contributed by atoms with Crippen molar-refractivity contribution < 1.29 is 23.8 Å². The van der Waals surface area contributed by atoms with Crippen molar-refractivity contribution in [2.24, 2.45) is 0 Å². The summed E-state index contributed by atoms with van der Waals surface area (Å²) in [6, 6.07) is 8.20. The number of halogens is 3. The van der Waals surface area contributed by atoms with Gasteiger partial charge in [-0.1, -0.05) is 13.3 Å². The summed E-state index contributed by atoms with van der Waals surface area (Å²) in [6.07, 6.45) is 1.74. The summed E-state index contributed by atoms with van der Waals surface area (Å²) in [5.41, 5.74) is 2.13. The van der Waals surface area contributed by atoms with Crippen molar-refractivity contribution in [3.8, 4) is 17.2 Å². The van der Waals surface area contributed by atoms with Gasteiger partial charge >= 0.3 is 5.97 Å². The van der Waals surface area contributed by atoms with E-state index in [1.54, 1.807) is 18.2 Å². The van der Waals surface area contributed by atoms with Crippen LogP contribution in [0.4, 0.5) is 4.39 Å². The van der Waals surface area contributed by atoms with Crippen LogP contribution in [0, 0.1) is 12.7 Å². The fourth-order valence-corrected chi connectivity index (χ4v) is 4.22. The molecule has 0 amide bonds. The number of aliphatic carboxylic acids is 1. The maximum absolute atomic E-state index is 14.7. The maximum atomic E-state index is 14.7. The fourth-order valence-electron chi connectivity index (χ4n) is 2.92. The number of rotatable bonds is 7. The maximum Gasteiger partial charge on any atom is 0.341 e. The Bertz CT molecular complexity index is 1060. The zero-order valence-corrected chi connectivity index (χ0v) is 18.9. The minimum atomic E-state index is -1.07. The zero-order chi connectivity index (χ0) is 21.1. The van der Waals surface area contributed by atoms with Crippen molar-refractivity contribution in [1.82, 2.24) is 4.98 Å². The van der Waals surface area contributed by atoms with Gasteiger partial charge in [0, 0.05) is 17.1 Å². The molecule has 0 radical (unpaired) electrons. The van der Waals surface area contributed by atoms with Crippen molar-refractivity contribution in [1.29, 1.82) is 0 Å². The molecule has 0 aliphatic carbocycles. The van der Waals surface area contributed by atoms with E-state index in [-0.39, 0.29) is 0 Å². The van der Waals surface area contributed by atoms with E-state index >= 15 is 0 Å². The van der Waals surface area contributed by atoms with Gasteiger partial charge in [-0.3, -0.25) is 0 Å². The molecule has 3 rings (SSSR count). The van der Waals surface area contributed by atoms with Gasteiger partial charge in [0.05, 0.1) is 8.95 Å². The number of hydrogen-bond donors (Lipinski definition) is 1. The molecular formula is C21H18Br2FNO4. The normalized spacial score (nSPS) is 10.9. The average Bonchev–Trinajstić information content (AvgIpc) is 2.64. The highest BCUT2D eigenvalue weighted by Crippen LogP contribution is 2.41. The molecule has 0 fully saturated rings.